The molecule has 27 heavy (non-hydrogen) atoms. The van der Waals surface area contributed by atoms with Gasteiger partial charge < -0.3 is 10.5 Å². The van der Waals surface area contributed by atoms with Crippen LogP contribution in [-0.4, -0.2) is 12.4 Å². The number of ether oxygens (including phenoxy) is 1. The van der Waals surface area contributed by atoms with E-state index in [9.17, 15) is 4.79 Å². The Morgan fingerprint density at radius 3 is 2.22 bits per heavy atom. The van der Waals surface area contributed by atoms with Gasteiger partial charge in [0, 0.05) is 11.3 Å². The Kier molecular flexibility index (Phi) is 8.63. The predicted molar refractivity (Wildman–Crippen MR) is 114 cm³/mol. The van der Waals surface area contributed by atoms with E-state index in [2.05, 4.69) is 6.92 Å². The maximum atomic E-state index is 12.5. The predicted octanol–water partition coefficient (Wildman–Crippen LogP) is 6.29. The first-order valence-electron chi connectivity index (χ1n) is 9.91. The molecule has 0 radical (unpaired) electrons. The molecule has 0 aliphatic rings. The number of rotatable bonds is 11. The number of nitrogen functional groups attached to an aromatic ring is 1. The van der Waals surface area contributed by atoms with Crippen molar-refractivity contribution in [2.24, 2.45) is 0 Å². The summed E-state index contributed by atoms with van der Waals surface area (Å²) in [5.74, 6) is 0.890. The molecule has 2 aromatic rings. The highest BCUT2D eigenvalue weighted by molar-refractivity contribution is 6.11. The number of unbranched alkanes of at least 4 members (excludes halogenated alkanes) is 5. The highest BCUT2D eigenvalue weighted by Crippen LogP contribution is 2.17. The number of carbonyl (C=O) groups excluding carboxylic acids is 1. The van der Waals surface area contributed by atoms with Crippen molar-refractivity contribution in [2.45, 2.75) is 52.4 Å². The summed E-state index contributed by atoms with van der Waals surface area (Å²) >= 11 is 0. The van der Waals surface area contributed by atoms with Crippen molar-refractivity contribution in [1.82, 2.24) is 0 Å². The second-order valence-corrected chi connectivity index (χ2v) is 6.96. The van der Waals surface area contributed by atoms with Gasteiger partial charge in [-0.3, -0.25) is 4.79 Å². The average Bonchev–Trinajstić information content (AvgIpc) is 2.68. The van der Waals surface area contributed by atoms with Crippen LogP contribution in [-0.2, 0) is 0 Å². The van der Waals surface area contributed by atoms with E-state index in [4.69, 9.17) is 10.5 Å². The Labute approximate surface area is 163 Å². The first-order chi connectivity index (χ1) is 13.1. The molecule has 0 bridgehead atoms. The van der Waals surface area contributed by atoms with Crippen LogP contribution >= 0.6 is 0 Å². The van der Waals surface area contributed by atoms with Crippen molar-refractivity contribution in [3.63, 3.8) is 0 Å². The lowest BCUT2D eigenvalue weighted by Crippen LogP contribution is -2.01. The summed E-state index contributed by atoms with van der Waals surface area (Å²) in [6.07, 6.45) is 9.46. The molecule has 0 aromatic heterocycles. The lowest BCUT2D eigenvalue weighted by Gasteiger charge is -2.07. The van der Waals surface area contributed by atoms with Crippen LogP contribution in [0.15, 0.2) is 54.1 Å². The minimum atomic E-state index is 0.0124. The smallest absolute Gasteiger partial charge is 0.188 e. The van der Waals surface area contributed by atoms with Crippen LogP contribution in [0.5, 0.6) is 5.75 Å². The van der Waals surface area contributed by atoms with Gasteiger partial charge in [0.2, 0.25) is 0 Å². The molecule has 0 aliphatic heterocycles. The van der Waals surface area contributed by atoms with E-state index in [-0.39, 0.29) is 5.78 Å². The van der Waals surface area contributed by atoms with E-state index in [0.717, 1.165) is 24.3 Å². The minimum Gasteiger partial charge on any atom is -0.494 e. The average molecular weight is 366 g/mol. The number of allylic oxidation sites excluding steroid dienone is 1. The highest BCUT2D eigenvalue weighted by Gasteiger charge is 2.08. The maximum Gasteiger partial charge on any atom is 0.188 e. The summed E-state index contributed by atoms with van der Waals surface area (Å²) in [5.41, 5.74) is 8.66. The molecule has 0 spiro atoms. The molecule has 0 unspecified atom stereocenters. The van der Waals surface area contributed by atoms with Crippen LogP contribution < -0.4 is 10.5 Å². The lowest BCUT2D eigenvalue weighted by molar-refractivity contribution is 0.103. The van der Waals surface area contributed by atoms with Crippen LogP contribution in [0.4, 0.5) is 5.69 Å². The summed E-state index contributed by atoms with van der Waals surface area (Å²) in [6.45, 7) is 4.83. The van der Waals surface area contributed by atoms with Gasteiger partial charge in [0.25, 0.3) is 0 Å². The summed E-state index contributed by atoms with van der Waals surface area (Å²) in [7, 11) is 0. The normalized spacial score (nSPS) is 11.4. The van der Waals surface area contributed by atoms with Crippen LogP contribution in [0.25, 0.3) is 6.08 Å². The molecular formula is C24H31NO2. The van der Waals surface area contributed by atoms with E-state index in [1.54, 1.807) is 24.3 Å². The molecule has 0 saturated carbocycles. The number of Topliss-reactive ketones (excluding diaryl/α,β-unsaturated/α-hetero) is 1. The Hall–Kier alpha value is -2.55. The third-order valence-electron chi connectivity index (χ3n) is 4.56. The van der Waals surface area contributed by atoms with Gasteiger partial charge in [-0.05, 0) is 67.0 Å². The van der Waals surface area contributed by atoms with Crippen molar-refractivity contribution in [3.05, 3.63) is 65.2 Å². The first-order valence-corrected chi connectivity index (χ1v) is 9.91. The van der Waals surface area contributed by atoms with Gasteiger partial charge in [0.15, 0.2) is 5.78 Å². The number of hydrogen-bond acceptors (Lipinski definition) is 3. The molecule has 0 fully saturated rings. The SMILES string of the molecule is CCCCCCCCOc1ccc(C=C(C)C(=O)c2ccc(N)cc2)cc1. The fraction of sp³-hybridized carbons (Fsp3) is 0.375. The van der Waals surface area contributed by atoms with E-state index < -0.39 is 0 Å². The van der Waals surface area contributed by atoms with E-state index in [1.807, 2.05) is 37.3 Å². The Morgan fingerprint density at radius 2 is 1.56 bits per heavy atom. The van der Waals surface area contributed by atoms with Crippen molar-refractivity contribution in [1.29, 1.82) is 0 Å². The molecular weight excluding hydrogens is 334 g/mol. The second-order valence-electron chi connectivity index (χ2n) is 6.96. The quantitative estimate of drug-likeness (QED) is 0.220. The topological polar surface area (TPSA) is 52.3 Å². The number of anilines is 1. The zero-order chi connectivity index (χ0) is 19.5. The molecule has 0 heterocycles. The summed E-state index contributed by atoms with van der Waals surface area (Å²) < 4.78 is 5.80. The fourth-order valence-electron chi connectivity index (χ4n) is 2.91. The number of carbonyl (C=O) groups is 1. The fourth-order valence-corrected chi connectivity index (χ4v) is 2.91. The lowest BCUT2D eigenvalue weighted by atomic mass is 10.0. The van der Waals surface area contributed by atoms with Gasteiger partial charge in [0.05, 0.1) is 6.61 Å². The monoisotopic (exact) mass is 365 g/mol. The van der Waals surface area contributed by atoms with Crippen LogP contribution in [0, 0.1) is 0 Å². The van der Waals surface area contributed by atoms with Gasteiger partial charge in [-0.1, -0.05) is 51.2 Å². The molecule has 144 valence electrons. The Morgan fingerprint density at radius 1 is 0.926 bits per heavy atom. The van der Waals surface area contributed by atoms with Crippen molar-refractivity contribution in [2.75, 3.05) is 12.3 Å². The number of ketones is 1. The maximum absolute atomic E-state index is 12.5. The van der Waals surface area contributed by atoms with Gasteiger partial charge in [-0.2, -0.15) is 0 Å². The number of nitrogens with two attached hydrogens (primary N) is 1. The van der Waals surface area contributed by atoms with Crippen LogP contribution in [0.2, 0.25) is 0 Å². The van der Waals surface area contributed by atoms with E-state index in [0.29, 0.717) is 16.8 Å². The molecule has 0 aliphatic carbocycles. The molecule has 3 nitrogen and oxygen atoms in total. The van der Waals surface area contributed by atoms with Gasteiger partial charge in [-0.15, -0.1) is 0 Å². The standard InChI is InChI=1S/C24H31NO2/c1-3-4-5-6-7-8-17-27-23-15-9-20(10-16-23)18-19(2)24(26)21-11-13-22(25)14-12-21/h9-16,18H,3-8,17,25H2,1-2H3. The molecule has 0 atom stereocenters. The van der Waals surface area contributed by atoms with Crippen LogP contribution in [0.3, 0.4) is 0 Å². The summed E-state index contributed by atoms with van der Waals surface area (Å²) in [4.78, 5) is 12.5. The van der Waals surface area contributed by atoms with E-state index >= 15 is 0 Å². The van der Waals surface area contributed by atoms with Crippen LogP contribution in [0.1, 0.15) is 68.3 Å². The summed E-state index contributed by atoms with van der Waals surface area (Å²) in [5, 5.41) is 0. The zero-order valence-corrected chi connectivity index (χ0v) is 16.5. The largest absolute Gasteiger partial charge is 0.494 e. The number of hydrogen-bond donors (Lipinski definition) is 1. The minimum absolute atomic E-state index is 0.0124. The first kappa shape index (κ1) is 20.8. The van der Waals surface area contributed by atoms with E-state index in [1.165, 1.54) is 32.1 Å². The molecule has 0 amide bonds. The summed E-state index contributed by atoms with van der Waals surface area (Å²) in [6, 6.07) is 14.9. The third-order valence-corrected chi connectivity index (χ3v) is 4.56. The Balaban J connectivity index is 1.82. The van der Waals surface area contributed by atoms with Crippen molar-refractivity contribution in [3.8, 4) is 5.75 Å². The third kappa shape index (κ3) is 7.30. The Bertz CT molecular complexity index is 730. The molecule has 3 heteroatoms. The number of benzene rings is 2. The van der Waals surface area contributed by atoms with Gasteiger partial charge in [0.1, 0.15) is 5.75 Å². The van der Waals surface area contributed by atoms with Crippen molar-refractivity contribution >= 4 is 17.5 Å². The highest BCUT2D eigenvalue weighted by atomic mass is 16.5. The van der Waals surface area contributed by atoms with Gasteiger partial charge >= 0.3 is 0 Å². The molecule has 2 N–H and O–H groups in total. The molecule has 2 aromatic carbocycles. The van der Waals surface area contributed by atoms with Crippen molar-refractivity contribution < 1.29 is 9.53 Å². The zero-order valence-electron chi connectivity index (χ0n) is 16.5. The molecule has 2 rings (SSSR count). The molecule has 0 saturated heterocycles. The second kappa shape index (κ2) is 11.2. The van der Waals surface area contributed by atoms with Gasteiger partial charge in [-0.25, -0.2) is 0 Å².